The first kappa shape index (κ1) is 8.36. The number of rotatable bonds is 1. The van der Waals surface area contributed by atoms with Crippen molar-refractivity contribution >= 4 is 22.6 Å². The Morgan fingerprint density at radius 2 is 2.29 bits per heavy atom. The molecule has 1 aromatic carbocycles. The largest absolute Gasteiger partial charge is 0.409 e. The third-order valence-corrected chi connectivity index (χ3v) is 2.00. The van der Waals surface area contributed by atoms with E-state index in [1.54, 1.807) is 18.2 Å². The van der Waals surface area contributed by atoms with Gasteiger partial charge in [-0.1, -0.05) is 11.2 Å². The van der Waals surface area contributed by atoms with Gasteiger partial charge in [-0.3, -0.25) is 5.10 Å². The molecule has 6 nitrogen and oxygen atoms in total. The van der Waals surface area contributed by atoms with Crippen LogP contribution in [0.1, 0.15) is 5.56 Å². The second-order valence-corrected chi connectivity index (χ2v) is 2.85. The third-order valence-electron chi connectivity index (χ3n) is 2.00. The lowest BCUT2D eigenvalue weighted by atomic mass is 10.1. The summed E-state index contributed by atoms with van der Waals surface area (Å²) in [6, 6.07) is 5.19. The fourth-order valence-corrected chi connectivity index (χ4v) is 1.26. The third kappa shape index (κ3) is 1.13. The molecule has 0 aliphatic carbocycles. The van der Waals surface area contributed by atoms with Crippen LogP contribution in [0.4, 0.5) is 5.82 Å². The van der Waals surface area contributed by atoms with E-state index in [-0.39, 0.29) is 5.84 Å². The predicted octanol–water partition coefficient (Wildman–Crippen LogP) is 0.240. The molecule has 6 heteroatoms. The number of aromatic nitrogens is 2. The van der Waals surface area contributed by atoms with Gasteiger partial charge >= 0.3 is 0 Å². The van der Waals surface area contributed by atoms with E-state index < -0.39 is 0 Å². The van der Waals surface area contributed by atoms with Gasteiger partial charge in [0, 0.05) is 10.9 Å². The molecule has 6 N–H and O–H groups in total. The van der Waals surface area contributed by atoms with Gasteiger partial charge < -0.3 is 16.7 Å². The number of benzene rings is 1. The Morgan fingerprint density at radius 3 is 3.00 bits per heavy atom. The maximum atomic E-state index is 8.48. The lowest BCUT2D eigenvalue weighted by Gasteiger charge is -1.97. The van der Waals surface area contributed by atoms with E-state index in [2.05, 4.69) is 15.4 Å². The number of amidine groups is 1. The lowest BCUT2D eigenvalue weighted by Crippen LogP contribution is -2.12. The van der Waals surface area contributed by atoms with Crippen molar-refractivity contribution in [2.24, 2.45) is 10.9 Å². The van der Waals surface area contributed by atoms with Gasteiger partial charge in [0.25, 0.3) is 0 Å². The summed E-state index contributed by atoms with van der Waals surface area (Å²) >= 11 is 0. The van der Waals surface area contributed by atoms with E-state index in [0.717, 1.165) is 10.9 Å². The molecule has 0 fully saturated rings. The summed E-state index contributed by atoms with van der Waals surface area (Å²) in [6.07, 6.45) is 0. The van der Waals surface area contributed by atoms with Crippen LogP contribution in [0.5, 0.6) is 0 Å². The molecule has 0 spiro atoms. The van der Waals surface area contributed by atoms with E-state index in [1.807, 2.05) is 0 Å². The first-order valence-corrected chi connectivity index (χ1v) is 3.94. The molecule has 72 valence electrons. The minimum atomic E-state index is 0.0556. The van der Waals surface area contributed by atoms with Crippen molar-refractivity contribution in [2.45, 2.75) is 0 Å². The summed E-state index contributed by atoms with van der Waals surface area (Å²) in [5.74, 6) is 0.492. The standard InChI is InChI=1S/C8H9N5O/c9-7(13-14)4-1-2-5-6(3-4)11-12-8(5)10/h1-3,14H,(H2,9,13)(H3,10,11,12). The molecule has 2 aromatic rings. The molecule has 1 aromatic heterocycles. The van der Waals surface area contributed by atoms with Gasteiger partial charge in [0.15, 0.2) is 11.7 Å². The van der Waals surface area contributed by atoms with Gasteiger partial charge in [-0.25, -0.2) is 0 Å². The number of hydrogen-bond donors (Lipinski definition) is 4. The lowest BCUT2D eigenvalue weighted by molar-refractivity contribution is 0.318. The van der Waals surface area contributed by atoms with Crippen molar-refractivity contribution in [2.75, 3.05) is 5.73 Å². The molecule has 0 aliphatic rings. The molecule has 1 heterocycles. The van der Waals surface area contributed by atoms with Crippen molar-refractivity contribution in [3.63, 3.8) is 0 Å². The van der Waals surface area contributed by atoms with Crippen LogP contribution >= 0.6 is 0 Å². The monoisotopic (exact) mass is 191 g/mol. The van der Waals surface area contributed by atoms with E-state index >= 15 is 0 Å². The van der Waals surface area contributed by atoms with Crippen molar-refractivity contribution < 1.29 is 5.21 Å². The number of aromatic amines is 1. The Labute approximate surface area is 79.2 Å². The average molecular weight is 191 g/mol. The van der Waals surface area contributed by atoms with Gasteiger partial charge in [-0.15, -0.1) is 0 Å². The topological polar surface area (TPSA) is 113 Å². The number of hydrogen-bond acceptors (Lipinski definition) is 4. The zero-order chi connectivity index (χ0) is 10.1. The van der Waals surface area contributed by atoms with Crippen LogP contribution in [-0.2, 0) is 0 Å². The Morgan fingerprint density at radius 1 is 1.50 bits per heavy atom. The first-order valence-electron chi connectivity index (χ1n) is 3.94. The maximum absolute atomic E-state index is 8.48. The van der Waals surface area contributed by atoms with Crippen LogP contribution in [0.25, 0.3) is 10.9 Å². The fraction of sp³-hybridized carbons (Fsp3) is 0. The summed E-state index contributed by atoms with van der Waals surface area (Å²) < 4.78 is 0. The minimum absolute atomic E-state index is 0.0556. The van der Waals surface area contributed by atoms with Crippen LogP contribution in [0.2, 0.25) is 0 Å². The molecule has 14 heavy (non-hydrogen) atoms. The van der Waals surface area contributed by atoms with Gasteiger partial charge in [-0.2, -0.15) is 5.10 Å². The second-order valence-electron chi connectivity index (χ2n) is 2.85. The number of nitrogen functional groups attached to an aromatic ring is 1. The summed E-state index contributed by atoms with van der Waals surface area (Å²) in [5, 5.41) is 18.8. The summed E-state index contributed by atoms with van der Waals surface area (Å²) in [4.78, 5) is 0. The van der Waals surface area contributed by atoms with Gasteiger partial charge in [0.2, 0.25) is 0 Å². The van der Waals surface area contributed by atoms with Gasteiger partial charge in [0.1, 0.15) is 0 Å². The van der Waals surface area contributed by atoms with Crippen molar-refractivity contribution in [1.82, 2.24) is 10.2 Å². The SMILES string of the molecule is N/C(=N\O)c1ccc2c(N)n[nH]c2c1. The van der Waals surface area contributed by atoms with E-state index in [4.69, 9.17) is 16.7 Å². The molecule has 0 amide bonds. The van der Waals surface area contributed by atoms with Crippen molar-refractivity contribution in [3.8, 4) is 0 Å². The highest BCUT2D eigenvalue weighted by atomic mass is 16.4. The molecule has 0 aliphatic heterocycles. The molecule has 0 saturated carbocycles. The second kappa shape index (κ2) is 2.91. The smallest absolute Gasteiger partial charge is 0.170 e. The average Bonchev–Trinajstić information content (AvgIpc) is 2.59. The molecule has 2 rings (SSSR count). The molecular formula is C8H9N5O. The number of nitrogens with two attached hydrogens (primary N) is 2. The number of fused-ring (bicyclic) bond motifs is 1. The quantitative estimate of drug-likeness (QED) is 0.224. The molecular weight excluding hydrogens is 182 g/mol. The first-order chi connectivity index (χ1) is 6.72. The molecule has 0 bridgehead atoms. The highest BCUT2D eigenvalue weighted by Crippen LogP contribution is 2.18. The zero-order valence-electron chi connectivity index (χ0n) is 7.23. The van der Waals surface area contributed by atoms with Crippen molar-refractivity contribution in [3.05, 3.63) is 23.8 Å². The normalized spacial score (nSPS) is 12.1. The van der Waals surface area contributed by atoms with Gasteiger partial charge in [0.05, 0.1) is 5.52 Å². The Bertz CT molecular complexity index is 501. The van der Waals surface area contributed by atoms with E-state index in [9.17, 15) is 0 Å². The molecule has 0 unspecified atom stereocenters. The highest BCUT2D eigenvalue weighted by molar-refractivity contribution is 6.01. The molecule has 0 radical (unpaired) electrons. The summed E-state index contributed by atoms with van der Waals surface area (Å²) in [7, 11) is 0. The number of nitrogens with one attached hydrogen (secondary N) is 1. The fourth-order valence-electron chi connectivity index (χ4n) is 1.26. The molecule has 0 atom stereocenters. The van der Waals surface area contributed by atoms with Crippen LogP contribution in [-0.4, -0.2) is 21.2 Å². The number of anilines is 1. The predicted molar refractivity (Wildman–Crippen MR) is 53.0 cm³/mol. The number of H-pyrrole nitrogens is 1. The maximum Gasteiger partial charge on any atom is 0.170 e. The van der Waals surface area contributed by atoms with Crippen LogP contribution < -0.4 is 11.5 Å². The summed E-state index contributed by atoms with van der Waals surface area (Å²) in [6.45, 7) is 0. The van der Waals surface area contributed by atoms with Crippen LogP contribution in [0.15, 0.2) is 23.4 Å². The van der Waals surface area contributed by atoms with E-state index in [0.29, 0.717) is 11.4 Å². The van der Waals surface area contributed by atoms with Gasteiger partial charge in [-0.05, 0) is 12.1 Å². The van der Waals surface area contributed by atoms with Crippen LogP contribution in [0.3, 0.4) is 0 Å². The number of oxime groups is 1. The Balaban J connectivity index is 2.63. The van der Waals surface area contributed by atoms with Crippen LogP contribution in [0, 0.1) is 0 Å². The van der Waals surface area contributed by atoms with E-state index in [1.165, 1.54) is 0 Å². The summed E-state index contributed by atoms with van der Waals surface area (Å²) in [5.41, 5.74) is 12.4. The molecule has 0 saturated heterocycles. The Hall–Kier alpha value is -2.24. The van der Waals surface area contributed by atoms with Crippen molar-refractivity contribution in [1.29, 1.82) is 0 Å². The number of nitrogens with zero attached hydrogens (tertiary/aromatic N) is 2. The Kier molecular flexibility index (Phi) is 1.74. The zero-order valence-corrected chi connectivity index (χ0v) is 7.23. The highest BCUT2D eigenvalue weighted by Gasteiger charge is 2.04. The minimum Gasteiger partial charge on any atom is -0.409 e.